The lowest BCUT2D eigenvalue weighted by Crippen LogP contribution is -2.24. The second-order valence-electron chi connectivity index (χ2n) is 3.01. The van der Waals surface area contributed by atoms with Crippen molar-refractivity contribution in [3.8, 4) is 5.88 Å². The molecule has 0 amide bonds. The third kappa shape index (κ3) is 1.69. The lowest BCUT2D eigenvalue weighted by Gasteiger charge is -2.17. The van der Waals surface area contributed by atoms with Gasteiger partial charge in [-0.3, -0.25) is 0 Å². The topological polar surface area (TPSA) is 34.1 Å². The number of fused-ring (bicyclic) bond motifs is 1. The molecule has 0 aliphatic carbocycles. The van der Waals surface area contributed by atoms with E-state index in [0.717, 1.165) is 29.7 Å². The molecule has 0 atom stereocenters. The Balaban J connectivity index is 2.44. The summed E-state index contributed by atoms with van der Waals surface area (Å²) in [4.78, 5) is 4.42. The number of ether oxygens (including phenoxy) is 1. The summed E-state index contributed by atoms with van der Waals surface area (Å²) in [6.07, 6.45) is 0.985. The summed E-state index contributed by atoms with van der Waals surface area (Å²) in [6.45, 7) is 1.91. The minimum atomic E-state index is 0.681. The SMILES string of the molecule is COc1nc2c(cc1Br)CNCC2. The predicted molar refractivity (Wildman–Crippen MR) is 53.9 cm³/mol. The van der Waals surface area contributed by atoms with E-state index in [4.69, 9.17) is 4.74 Å². The summed E-state index contributed by atoms with van der Waals surface area (Å²) >= 11 is 3.42. The lowest BCUT2D eigenvalue weighted by molar-refractivity contribution is 0.391. The largest absolute Gasteiger partial charge is 0.480 e. The van der Waals surface area contributed by atoms with Crippen LogP contribution in [0.15, 0.2) is 10.5 Å². The second kappa shape index (κ2) is 3.64. The molecular weight excluding hydrogens is 232 g/mol. The summed E-state index contributed by atoms with van der Waals surface area (Å²) in [5.41, 5.74) is 2.41. The van der Waals surface area contributed by atoms with Gasteiger partial charge in [-0.1, -0.05) is 0 Å². The lowest BCUT2D eigenvalue weighted by atomic mass is 10.1. The van der Waals surface area contributed by atoms with Gasteiger partial charge in [0, 0.05) is 19.5 Å². The molecule has 0 aromatic carbocycles. The van der Waals surface area contributed by atoms with Crippen LogP contribution < -0.4 is 10.1 Å². The highest BCUT2D eigenvalue weighted by molar-refractivity contribution is 9.10. The van der Waals surface area contributed by atoms with Crippen LogP contribution in [0.5, 0.6) is 5.88 Å². The van der Waals surface area contributed by atoms with Gasteiger partial charge in [0.25, 0.3) is 0 Å². The van der Waals surface area contributed by atoms with E-state index in [1.54, 1.807) is 7.11 Å². The number of methoxy groups -OCH3 is 1. The van der Waals surface area contributed by atoms with Gasteiger partial charge in [-0.2, -0.15) is 0 Å². The maximum absolute atomic E-state index is 5.13. The molecule has 1 aliphatic rings. The maximum atomic E-state index is 5.13. The van der Waals surface area contributed by atoms with Crippen LogP contribution in [0.3, 0.4) is 0 Å². The zero-order valence-corrected chi connectivity index (χ0v) is 9.02. The Bertz CT molecular complexity index is 328. The first-order valence-electron chi connectivity index (χ1n) is 4.24. The summed E-state index contributed by atoms with van der Waals surface area (Å²) in [6, 6.07) is 2.08. The molecule has 3 nitrogen and oxygen atoms in total. The monoisotopic (exact) mass is 242 g/mol. The minimum absolute atomic E-state index is 0.681. The van der Waals surface area contributed by atoms with E-state index in [2.05, 4.69) is 32.3 Å². The molecule has 0 unspecified atom stereocenters. The van der Waals surface area contributed by atoms with Crippen LogP contribution in [-0.2, 0) is 13.0 Å². The molecule has 0 bridgehead atoms. The molecule has 0 saturated heterocycles. The first kappa shape index (κ1) is 8.97. The van der Waals surface area contributed by atoms with E-state index in [1.165, 1.54) is 5.56 Å². The Morgan fingerprint density at radius 2 is 2.46 bits per heavy atom. The quantitative estimate of drug-likeness (QED) is 0.811. The molecular formula is C9H11BrN2O. The fourth-order valence-electron chi connectivity index (χ4n) is 1.49. The van der Waals surface area contributed by atoms with Gasteiger partial charge < -0.3 is 10.1 Å². The van der Waals surface area contributed by atoms with Crippen molar-refractivity contribution in [2.24, 2.45) is 0 Å². The number of halogens is 1. The number of hydrogen-bond donors (Lipinski definition) is 1. The van der Waals surface area contributed by atoms with E-state index in [9.17, 15) is 0 Å². The van der Waals surface area contributed by atoms with Crippen molar-refractivity contribution < 1.29 is 4.74 Å². The molecule has 0 spiro atoms. The molecule has 2 heterocycles. The highest BCUT2D eigenvalue weighted by atomic mass is 79.9. The number of pyridine rings is 1. The number of rotatable bonds is 1. The molecule has 4 heteroatoms. The molecule has 70 valence electrons. The van der Waals surface area contributed by atoms with Gasteiger partial charge in [-0.15, -0.1) is 0 Å². The Morgan fingerprint density at radius 1 is 1.62 bits per heavy atom. The third-order valence-corrected chi connectivity index (χ3v) is 2.73. The van der Waals surface area contributed by atoms with Crippen LogP contribution in [0.25, 0.3) is 0 Å². The van der Waals surface area contributed by atoms with Gasteiger partial charge in [0.1, 0.15) is 0 Å². The van der Waals surface area contributed by atoms with Crippen molar-refractivity contribution in [1.82, 2.24) is 10.3 Å². The Morgan fingerprint density at radius 3 is 3.23 bits per heavy atom. The normalized spacial score (nSPS) is 15.2. The minimum Gasteiger partial charge on any atom is -0.480 e. The van der Waals surface area contributed by atoms with Gasteiger partial charge in [0.2, 0.25) is 5.88 Å². The van der Waals surface area contributed by atoms with Crippen molar-refractivity contribution in [3.63, 3.8) is 0 Å². The molecule has 0 radical (unpaired) electrons. The van der Waals surface area contributed by atoms with Gasteiger partial charge >= 0.3 is 0 Å². The van der Waals surface area contributed by atoms with E-state index in [0.29, 0.717) is 5.88 Å². The smallest absolute Gasteiger partial charge is 0.227 e. The van der Waals surface area contributed by atoms with Crippen molar-refractivity contribution in [2.75, 3.05) is 13.7 Å². The van der Waals surface area contributed by atoms with Gasteiger partial charge in [-0.25, -0.2) is 4.98 Å². The third-order valence-electron chi connectivity index (χ3n) is 2.16. The summed E-state index contributed by atoms with van der Waals surface area (Å²) < 4.78 is 6.06. The average Bonchev–Trinajstić information content (AvgIpc) is 2.17. The number of nitrogens with zero attached hydrogens (tertiary/aromatic N) is 1. The van der Waals surface area contributed by atoms with E-state index in [1.807, 2.05) is 0 Å². The Labute approximate surface area is 85.6 Å². The predicted octanol–water partition coefficient (Wildman–Crippen LogP) is 1.50. The first-order valence-corrected chi connectivity index (χ1v) is 5.03. The number of nitrogens with one attached hydrogen (secondary N) is 1. The summed E-state index contributed by atoms with van der Waals surface area (Å²) in [5, 5.41) is 3.30. The molecule has 0 fully saturated rings. The molecule has 0 saturated carbocycles. The van der Waals surface area contributed by atoms with Crippen molar-refractivity contribution in [2.45, 2.75) is 13.0 Å². The van der Waals surface area contributed by atoms with Crippen LogP contribution in [0, 0.1) is 0 Å². The standard InChI is InChI=1S/C9H11BrN2O/c1-13-9-7(10)4-6-5-11-3-2-8(6)12-9/h4,11H,2-3,5H2,1H3. The van der Waals surface area contributed by atoms with E-state index >= 15 is 0 Å². The van der Waals surface area contributed by atoms with Crippen molar-refractivity contribution in [1.29, 1.82) is 0 Å². The van der Waals surface area contributed by atoms with Gasteiger partial charge in [0.05, 0.1) is 17.3 Å². The van der Waals surface area contributed by atoms with Gasteiger partial charge in [-0.05, 0) is 27.6 Å². The average molecular weight is 243 g/mol. The van der Waals surface area contributed by atoms with Crippen LogP contribution in [-0.4, -0.2) is 18.6 Å². The molecule has 1 aliphatic heterocycles. The van der Waals surface area contributed by atoms with Crippen LogP contribution in [0.4, 0.5) is 0 Å². The molecule has 1 N–H and O–H groups in total. The van der Waals surface area contributed by atoms with Crippen LogP contribution in [0.1, 0.15) is 11.3 Å². The maximum Gasteiger partial charge on any atom is 0.227 e. The Hall–Kier alpha value is -0.610. The van der Waals surface area contributed by atoms with Crippen LogP contribution in [0.2, 0.25) is 0 Å². The van der Waals surface area contributed by atoms with Crippen LogP contribution >= 0.6 is 15.9 Å². The van der Waals surface area contributed by atoms with Gasteiger partial charge in [0.15, 0.2) is 0 Å². The first-order chi connectivity index (χ1) is 6.31. The van der Waals surface area contributed by atoms with Crippen molar-refractivity contribution in [3.05, 3.63) is 21.8 Å². The molecule has 1 aromatic rings. The molecule has 1 aromatic heterocycles. The molecule has 13 heavy (non-hydrogen) atoms. The number of aromatic nitrogens is 1. The van der Waals surface area contributed by atoms with E-state index < -0.39 is 0 Å². The zero-order valence-electron chi connectivity index (χ0n) is 7.43. The summed E-state index contributed by atoms with van der Waals surface area (Å²) in [7, 11) is 1.64. The fraction of sp³-hybridized carbons (Fsp3) is 0.444. The van der Waals surface area contributed by atoms with E-state index in [-0.39, 0.29) is 0 Å². The highest BCUT2D eigenvalue weighted by Gasteiger charge is 2.13. The summed E-state index contributed by atoms with van der Waals surface area (Å²) in [5.74, 6) is 0.681. The zero-order chi connectivity index (χ0) is 9.26. The molecule has 2 rings (SSSR count). The highest BCUT2D eigenvalue weighted by Crippen LogP contribution is 2.26. The second-order valence-corrected chi connectivity index (χ2v) is 3.87. The fourth-order valence-corrected chi connectivity index (χ4v) is 2.02. The van der Waals surface area contributed by atoms with Crippen molar-refractivity contribution >= 4 is 15.9 Å². The Kier molecular flexibility index (Phi) is 2.51. The number of hydrogen-bond acceptors (Lipinski definition) is 3.